The van der Waals surface area contributed by atoms with Crippen molar-refractivity contribution >= 4 is 0 Å². The Kier molecular flexibility index (Phi) is 6.70. The summed E-state index contributed by atoms with van der Waals surface area (Å²) in [6.45, 7) is 10.5. The van der Waals surface area contributed by atoms with E-state index in [1.807, 2.05) is 12.1 Å². The minimum absolute atomic E-state index is 0.447. The van der Waals surface area contributed by atoms with Gasteiger partial charge in [-0.3, -0.25) is 0 Å². The summed E-state index contributed by atoms with van der Waals surface area (Å²) in [5, 5.41) is 12.0. The van der Waals surface area contributed by atoms with E-state index >= 15 is 0 Å². The van der Waals surface area contributed by atoms with Crippen LogP contribution in [0, 0.1) is 42.9 Å². The molecule has 0 spiro atoms. The fourth-order valence-corrected chi connectivity index (χ4v) is 4.18. The molecule has 1 heterocycles. The third-order valence-corrected chi connectivity index (χ3v) is 5.88. The zero-order valence-corrected chi connectivity index (χ0v) is 17.4. The molecule has 0 unspecified atom stereocenters. The SMILES string of the molecule is C#CCNC[C@@H]1C=C(C)[C@H](Cc2nnc(-c3ccc(C)cc3)o2)C[C@H]1C(C)C. The lowest BCUT2D eigenvalue weighted by molar-refractivity contribution is 0.220. The Labute approximate surface area is 168 Å². The molecule has 0 fully saturated rings. The molecule has 0 amide bonds. The zero-order valence-electron chi connectivity index (χ0n) is 17.4. The topological polar surface area (TPSA) is 51.0 Å². The Morgan fingerprint density at radius 3 is 2.64 bits per heavy atom. The van der Waals surface area contributed by atoms with E-state index in [-0.39, 0.29) is 0 Å². The summed E-state index contributed by atoms with van der Waals surface area (Å²) in [5.41, 5.74) is 3.61. The average molecular weight is 378 g/mol. The molecule has 3 rings (SSSR count). The van der Waals surface area contributed by atoms with E-state index in [2.05, 4.69) is 67.3 Å². The van der Waals surface area contributed by atoms with Crippen LogP contribution in [-0.2, 0) is 6.42 Å². The number of aromatic nitrogens is 2. The standard InChI is InChI=1S/C24H31N3O/c1-6-11-25-15-21-12-18(5)20(13-22(21)16(2)3)14-23-26-27-24(28-23)19-9-7-17(4)8-10-19/h1,7-10,12,16,20-22,25H,11,13-15H2,2-5H3/t20-,21-,22-/m0/s1. The minimum atomic E-state index is 0.447. The first-order chi connectivity index (χ1) is 13.5. The van der Waals surface area contributed by atoms with Crippen LogP contribution in [0.4, 0.5) is 0 Å². The number of hydrogen-bond donors (Lipinski definition) is 1. The maximum atomic E-state index is 5.98. The van der Waals surface area contributed by atoms with Gasteiger partial charge in [0.2, 0.25) is 11.8 Å². The zero-order chi connectivity index (χ0) is 20.1. The maximum absolute atomic E-state index is 5.98. The average Bonchev–Trinajstić information content (AvgIpc) is 3.13. The largest absolute Gasteiger partial charge is 0.421 e. The van der Waals surface area contributed by atoms with Crippen molar-refractivity contribution in [1.82, 2.24) is 15.5 Å². The van der Waals surface area contributed by atoms with Gasteiger partial charge in [0.05, 0.1) is 6.54 Å². The molecular weight excluding hydrogens is 346 g/mol. The fourth-order valence-electron chi connectivity index (χ4n) is 4.18. The summed E-state index contributed by atoms with van der Waals surface area (Å²) in [6.07, 6.45) is 9.75. The molecule has 1 aromatic carbocycles. The molecule has 3 atom stereocenters. The third-order valence-electron chi connectivity index (χ3n) is 5.88. The summed E-state index contributed by atoms with van der Waals surface area (Å²) in [4.78, 5) is 0. The first-order valence-corrected chi connectivity index (χ1v) is 10.2. The predicted octanol–water partition coefficient (Wildman–Crippen LogP) is 4.66. The third kappa shape index (κ3) is 4.91. The quantitative estimate of drug-likeness (QED) is 0.433. The van der Waals surface area contributed by atoms with Crippen molar-refractivity contribution in [2.24, 2.45) is 23.7 Å². The second-order valence-corrected chi connectivity index (χ2v) is 8.32. The first kappa shape index (κ1) is 20.4. The number of hydrogen-bond acceptors (Lipinski definition) is 4. The Morgan fingerprint density at radius 1 is 1.21 bits per heavy atom. The molecule has 0 bridgehead atoms. The molecule has 1 aliphatic carbocycles. The summed E-state index contributed by atoms with van der Waals surface area (Å²) >= 11 is 0. The molecule has 1 aromatic heterocycles. The monoisotopic (exact) mass is 377 g/mol. The molecular formula is C24H31N3O. The second-order valence-electron chi connectivity index (χ2n) is 8.32. The highest BCUT2D eigenvalue weighted by atomic mass is 16.4. The smallest absolute Gasteiger partial charge is 0.247 e. The lowest BCUT2D eigenvalue weighted by atomic mass is 9.70. The van der Waals surface area contributed by atoms with Gasteiger partial charge in [0.15, 0.2) is 0 Å². The van der Waals surface area contributed by atoms with Crippen LogP contribution in [0.5, 0.6) is 0 Å². The van der Waals surface area contributed by atoms with Crippen LogP contribution in [0.25, 0.3) is 11.5 Å². The summed E-state index contributed by atoms with van der Waals surface area (Å²) < 4.78 is 5.98. The molecule has 0 radical (unpaired) electrons. The van der Waals surface area contributed by atoms with Gasteiger partial charge in [0.25, 0.3) is 0 Å². The van der Waals surface area contributed by atoms with Crippen LogP contribution >= 0.6 is 0 Å². The Hall–Kier alpha value is -2.38. The molecule has 1 aliphatic rings. The van der Waals surface area contributed by atoms with Gasteiger partial charge < -0.3 is 9.73 Å². The van der Waals surface area contributed by atoms with E-state index < -0.39 is 0 Å². The van der Waals surface area contributed by atoms with Crippen molar-refractivity contribution in [2.45, 2.75) is 40.5 Å². The molecule has 28 heavy (non-hydrogen) atoms. The van der Waals surface area contributed by atoms with E-state index in [1.54, 1.807) is 0 Å². The van der Waals surface area contributed by atoms with E-state index in [0.717, 1.165) is 30.8 Å². The number of allylic oxidation sites excluding steroid dienone is 1. The highest BCUT2D eigenvalue weighted by molar-refractivity contribution is 5.52. The van der Waals surface area contributed by atoms with Crippen molar-refractivity contribution in [3.63, 3.8) is 0 Å². The number of nitrogens with zero attached hydrogens (tertiary/aromatic N) is 2. The predicted molar refractivity (Wildman–Crippen MR) is 114 cm³/mol. The molecule has 4 nitrogen and oxygen atoms in total. The van der Waals surface area contributed by atoms with Gasteiger partial charge in [0.1, 0.15) is 0 Å². The van der Waals surface area contributed by atoms with Gasteiger partial charge in [-0.2, -0.15) is 0 Å². The number of nitrogens with one attached hydrogen (secondary N) is 1. The number of aryl methyl sites for hydroxylation is 1. The van der Waals surface area contributed by atoms with Crippen LogP contribution in [0.3, 0.4) is 0 Å². The van der Waals surface area contributed by atoms with Gasteiger partial charge >= 0.3 is 0 Å². The van der Waals surface area contributed by atoms with Gasteiger partial charge in [-0.1, -0.05) is 49.1 Å². The molecule has 2 aromatic rings. The van der Waals surface area contributed by atoms with Crippen LogP contribution in [0.2, 0.25) is 0 Å². The maximum Gasteiger partial charge on any atom is 0.247 e. The molecule has 148 valence electrons. The van der Waals surface area contributed by atoms with E-state index in [4.69, 9.17) is 10.8 Å². The Balaban J connectivity index is 1.71. The first-order valence-electron chi connectivity index (χ1n) is 10.2. The van der Waals surface area contributed by atoms with Gasteiger partial charge in [-0.25, -0.2) is 0 Å². The summed E-state index contributed by atoms with van der Waals surface area (Å²) in [7, 11) is 0. The van der Waals surface area contributed by atoms with Crippen molar-refractivity contribution < 1.29 is 4.42 Å². The summed E-state index contributed by atoms with van der Waals surface area (Å²) in [6, 6.07) is 8.19. The molecule has 0 saturated carbocycles. The van der Waals surface area contributed by atoms with Crippen molar-refractivity contribution in [1.29, 1.82) is 0 Å². The van der Waals surface area contributed by atoms with E-state index in [9.17, 15) is 0 Å². The van der Waals surface area contributed by atoms with Crippen molar-refractivity contribution in [2.75, 3.05) is 13.1 Å². The van der Waals surface area contributed by atoms with E-state index in [1.165, 1.54) is 11.1 Å². The molecule has 1 N–H and O–H groups in total. The fraction of sp³-hybridized carbons (Fsp3) is 0.500. The van der Waals surface area contributed by atoms with Crippen LogP contribution in [-0.4, -0.2) is 23.3 Å². The molecule has 0 saturated heterocycles. The number of benzene rings is 1. The van der Waals surface area contributed by atoms with Gasteiger partial charge in [-0.15, -0.1) is 16.6 Å². The van der Waals surface area contributed by atoms with Gasteiger partial charge in [-0.05, 0) is 56.1 Å². The van der Waals surface area contributed by atoms with Crippen LogP contribution in [0.1, 0.15) is 38.6 Å². The lowest BCUT2D eigenvalue weighted by Gasteiger charge is -2.37. The highest BCUT2D eigenvalue weighted by Crippen LogP contribution is 2.38. The highest BCUT2D eigenvalue weighted by Gasteiger charge is 2.32. The second kappa shape index (κ2) is 9.21. The van der Waals surface area contributed by atoms with Gasteiger partial charge in [0, 0.05) is 18.5 Å². The Bertz CT molecular complexity index is 841. The molecule has 0 aliphatic heterocycles. The normalized spacial score (nSPS) is 22.1. The Morgan fingerprint density at radius 2 is 1.96 bits per heavy atom. The van der Waals surface area contributed by atoms with E-state index in [0.29, 0.717) is 36.1 Å². The summed E-state index contributed by atoms with van der Waals surface area (Å²) in [5.74, 6) is 6.20. The minimum Gasteiger partial charge on any atom is -0.421 e. The molecule has 4 heteroatoms. The van der Waals surface area contributed by atoms with Crippen molar-refractivity contribution in [3.8, 4) is 23.8 Å². The number of terminal acetylenes is 1. The van der Waals surface area contributed by atoms with Crippen molar-refractivity contribution in [3.05, 3.63) is 47.4 Å². The number of rotatable bonds is 7. The van der Waals surface area contributed by atoms with Crippen LogP contribution < -0.4 is 5.32 Å². The van der Waals surface area contributed by atoms with Crippen LogP contribution in [0.15, 0.2) is 40.3 Å². The lowest BCUT2D eigenvalue weighted by Crippen LogP contribution is -2.35.